The quantitative estimate of drug-likeness (QED) is 0.871. The Balaban J connectivity index is 1.79. The van der Waals surface area contributed by atoms with Gasteiger partial charge >= 0.3 is 0 Å². The molecule has 1 fully saturated rings. The number of likely N-dealkylation sites (tertiary alicyclic amines) is 1. The molecule has 1 saturated heterocycles. The Morgan fingerprint density at radius 1 is 1.48 bits per heavy atom. The lowest BCUT2D eigenvalue weighted by atomic mass is 10.1. The lowest BCUT2D eigenvalue weighted by Gasteiger charge is -2.24. The molecule has 0 spiro atoms. The molecule has 0 aromatic carbocycles. The van der Waals surface area contributed by atoms with Gasteiger partial charge in [-0.15, -0.1) is 11.3 Å². The van der Waals surface area contributed by atoms with Crippen LogP contribution in [0.1, 0.15) is 39.9 Å². The first-order valence-electron chi connectivity index (χ1n) is 6.94. The average molecular weight is 303 g/mol. The molecule has 5 nitrogen and oxygen atoms in total. The van der Waals surface area contributed by atoms with Gasteiger partial charge in [-0.05, 0) is 30.5 Å². The van der Waals surface area contributed by atoms with Gasteiger partial charge in [-0.25, -0.2) is 4.98 Å². The van der Waals surface area contributed by atoms with Crippen LogP contribution in [0.15, 0.2) is 29.9 Å². The smallest absolute Gasteiger partial charge is 0.273 e. The average Bonchev–Trinajstić information content (AvgIpc) is 3.17. The number of nitrogens with zero attached hydrogens (tertiary/aromatic N) is 3. The first-order valence-corrected chi connectivity index (χ1v) is 7.82. The van der Waals surface area contributed by atoms with Crippen molar-refractivity contribution < 1.29 is 9.53 Å². The Labute approximate surface area is 127 Å². The molecule has 0 radical (unpaired) electrons. The monoisotopic (exact) mass is 303 g/mol. The molecule has 2 aromatic heterocycles. The number of pyridine rings is 1. The fraction of sp³-hybridized carbons (Fsp3) is 0.400. The predicted octanol–water partition coefficient (Wildman–Crippen LogP) is 2.66. The number of thiazole rings is 1. The fourth-order valence-electron chi connectivity index (χ4n) is 2.69. The highest BCUT2D eigenvalue weighted by atomic mass is 32.1. The lowest BCUT2D eigenvalue weighted by molar-refractivity contribution is 0.0730. The maximum atomic E-state index is 12.7. The molecular weight excluding hydrogens is 286 g/mol. The molecule has 1 aliphatic heterocycles. The number of carbonyl (C=O) groups is 1. The summed E-state index contributed by atoms with van der Waals surface area (Å²) in [6.07, 6.45) is 5.56. The van der Waals surface area contributed by atoms with E-state index < -0.39 is 0 Å². The van der Waals surface area contributed by atoms with E-state index >= 15 is 0 Å². The summed E-state index contributed by atoms with van der Waals surface area (Å²) >= 11 is 1.46. The molecule has 0 aliphatic carbocycles. The van der Waals surface area contributed by atoms with E-state index in [1.165, 1.54) is 11.3 Å². The van der Waals surface area contributed by atoms with Crippen molar-refractivity contribution in [3.05, 3.63) is 46.2 Å². The second kappa shape index (κ2) is 6.32. The molecule has 3 rings (SSSR count). The highest BCUT2D eigenvalue weighted by Crippen LogP contribution is 2.32. The maximum absolute atomic E-state index is 12.7. The fourth-order valence-corrected chi connectivity index (χ4v) is 3.43. The van der Waals surface area contributed by atoms with Gasteiger partial charge in [0.1, 0.15) is 10.7 Å². The second-order valence-corrected chi connectivity index (χ2v) is 5.94. The Hall–Kier alpha value is -1.79. The van der Waals surface area contributed by atoms with Gasteiger partial charge in [-0.2, -0.15) is 0 Å². The highest BCUT2D eigenvalue weighted by molar-refractivity contribution is 7.09. The minimum Gasteiger partial charge on any atom is -0.378 e. The van der Waals surface area contributed by atoms with Gasteiger partial charge in [0.05, 0.1) is 12.6 Å². The second-order valence-electron chi connectivity index (χ2n) is 5.00. The molecule has 6 heteroatoms. The van der Waals surface area contributed by atoms with Crippen LogP contribution >= 0.6 is 11.3 Å². The van der Waals surface area contributed by atoms with Crippen LogP contribution in [-0.4, -0.2) is 34.4 Å². The van der Waals surface area contributed by atoms with Crippen LogP contribution < -0.4 is 0 Å². The summed E-state index contributed by atoms with van der Waals surface area (Å²) in [5.74, 6) is 0.00733. The Morgan fingerprint density at radius 3 is 3.05 bits per heavy atom. The highest BCUT2D eigenvalue weighted by Gasteiger charge is 2.31. The van der Waals surface area contributed by atoms with Crippen LogP contribution in [0.25, 0.3) is 0 Å². The van der Waals surface area contributed by atoms with Crippen molar-refractivity contribution >= 4 is 17.2 Å². The van der Waals surface area contributed by atoms with E-state index in [1.54, 1.807) is 19.5 Å². The molecule has 0 saturated carbocycles. The number of methoxy groups -OCH3 is 1. The van der Waals surface area contributed by atoms with Gasteiger partial charge < -0.3 is 9.64 Å². The molecule has 1 aliphatic rings. The molecule has 1 amide bonds. The number of hydrogen-bond acceptors (Lipinski definition) is 5. The summed E-state index contributed by atoms with van der Waals surface area (Å²) in [4.78, 5) is 23.0. The number of rotatable bonds is 4. The number of carbonyl (C=O) groups excluding carboxylic acids is 1. The summed E-state index contributed by atoms with van der Waals surface area (Å²) in [5, 5.41) is 2.65. The first kappa shape index (κ1) is 14.2. The number of ether oxygens (including phenoxy) is 1. The summed E-state index contributed by atoms with van der Waals surface area (Å²) in [5.41, 5.74) is 1.66. The number of amides is 1. The van der Waals surface area contributed by atoms with Gasteiger partial charge in [0.25, 0.3) is 5.91 Å². The Bertz CT molecular complexity index is 614. The van der Waals surface area contributed by atoms with Crippen molar-refractivity contribution in [3.8, 4) is 0 Å². The third kappa shape index (κ3) is 2.96. The lowest BCUT2D eigenvalue weighted by Crippen LogP contribution is -2.30. The van der Waals surface area contributed by atoms with Crippen LogP contribution in [0.3, 0.4) is 0 Å². The van der Waals surface area contributed by atoms with Gasteiger partial charge in [-0.3, -0.25) is 9.78 Å². The van der Waals surface area contributed by atoms with E-state index in [0.717, 1.165) is 30.0 Å². The van der Waals surface area contributed by atoms with Gasteiger partial charge in [0, 0.05) is 31.4 Å². The van der Waals surface area contributed by atoms with E-state index in [9.17, 15) is 4.79 Å². The van der Waals surface area contributed by atoms with Crippen molar-refractivity contribution in [3.63, 3.8) is 0 Å². The molecule has 0 unspecified atom stereocenters. The third-order valence-corrected chi connectivity index (χ3v) is 4.47. The minimum absolute atomic E-state index is 0.00733. The zero-order valence-corrected chi connectivity index (χ0v) is 12.7. The number of hydrogen-bond donors (Lipinski definition) is 0. The molecule has 3 heterocycles. The molecule has 1 atom stereocenters. The standard InChI is InChI=1S/C15H17N3O2S/c1-20-9-14-17-12(10-21-14)15(19)18-8-2-3-13(18)11-4-6-16-7-5-11/h4-7,10,13H,2-3,8-9H2,1H3/t13-/m1/s1. The summed E-state index contributed by atoms with van der Waals surface area (Å²) in [7, 11) is 1.63. The van der Waals surface area contributed by atoms with Gasteiger partial charge in [0.2, 0.25) is 0 Å². The van der Waals surface area contributed by atoms with Gasteiger partial charge in [-0.1, -0.05) is 0 Å². The molecule has 2 aromatic rings. The topological polar surface area (TPSA) is 55.3 Å². The van der Waals surface area contributed by atoms with E-state index in [4.69, 9.17) is 4.74 Å². The number of aromatic nitrogens is 2. The maximum Gasteiger partial charge on any atom is 0.273 e. The van der Waals surface area contributed by atoms with Gasteiger partial charge in [0.15, 0.2) is 0 Å². The SMILES string of the molecule is COCc1nc(C(=O)N2CCC[C@@H]2c2ccncc2)cs1. The summed E-state index contributed by atoms with van der Waals surface area (Å²) in [6.45, 7) is 1.23. The largest absolute Gasteiger partial charge is 0.378 e. The molecule has 0 bridgehead atoms. The third-order valence-electron chi connectivity index (χ3n) is 3.64. The van der Waals surface area contributed by atoms with Crippen LogP contribution in [-0.2, 0) is 11.3 Å². The molecule has 0 N–H and O–H groups in total. The summed E-state index contributed by atoms with van der Waals surface area (Å²) < 4.78 is 5.05. The van der Waals surface area contributed by atoms with E-state index in [-0.39, 0.29) is 11.9 Å². The van der Waals surface area contributed by atoms with Crippen LogP contribution in [0.5, 0.6) is 0 Å². The zero-order valence-electron chi connectivity index (χ0n) is 11.9. The molecule has 21 heavy (non-hydrogen) atoms. The van der Waals surface area contributed by atoms with Crippen molar-refractivity contribution in [1.29, 1.82) is 0 Å². The molecular formula is C15H17N3O2S. The minimum atomic E-state index is 0.00733. The van der Waals surface area contributed by atoms with Crippen LogP contribution in [0, 0.1) is 0 Å². The van der Waals surface area contributed by atoms with Crippen LogP contribution in [0.2, 0.25) is 0 Å². The van der Waals surface area contributed by atoms with Crippen molar-refractivity contribution in [2.24, 2.45) is 0 Å². The van der Waals surface area contributed by atoms with E-state index in [2.05, 4.69) is 9.97 Å². The Kier molecular flexibility index (Phi) is 4.26. The first-order chi connectivity index (χ1) is 10.3. The van der Waals surface area contributed by atoms with Crippen molar-refractivity contribution in [2.45, 2.75) is 25.5 Å². The normalized spacial score (nSPS) is 18.1. The summed E-state index contributed by atoms with van der Waals surface area (Å²) in [6, 6.07) is 4.09. The van der Waals surface area contributed by atoms with E-state index in [1.807, 2.05) is 22.4 Å². The predicted molar refractivity (Wildman–Crippen MR) is 80.1 cm³/mol. The van der Waals surface area contributed by atoms with Crippen LogP contribution in [0.4, 0.5) is 0 Å². The van der Waals surface area contributed by atoms with Crippen molar-refractivity contribution in [2.75, 3.05) is 13.7 Å². The molecule has 110 valence electrons. The van der Waals surface area contributed by atoms with E-state index in [0.29, 0.717) is 12.3 Å². The Morgan fingerprint density at radius 2 is 2.29 bits per heavy atom. The zero-order chi connectivity index (χ0) is 14.7. The van der Waals surface area contributed by atoms with Crippen molar-refractivity contribution in [1.82, 2.24) is 14.9 Å².